The van der Waals surface area contributed by atoms with Gasteiger partial charge in [0.25, 0.3) is 11.8 Å². The molecule has 0 spiro atoms. The first-order valence-corrected chi connectivity index (χ1v) is 10.1. The van der Waals surface area contributed by atoms with Crippen LogP contribution in [0.15, 0.2) is 48.5 Å². The Labute approximate surface area is 166 Å². The Morgan fingerprint density at radius 3 is 2.68 bits per heavy atom. The maximum absolute atomic E-state index is 13.0. The summed E-state index contributed by atoms with van der Waals surface area (Å²) in [5.41, 5.74) is 3.05. The normalized spacial score (nSPS) is 19.5. The second-order valence-corrected chi connectivity index (χ2v) is 7.76. The lowest BCUT2D eigenvalue weighted by atomic mass is 9.98. The molecule has 146 valence electrons. The van der Waals surface area contributed by atoms with E-state index in [9.17, 15) is 9.59 Å². The molecule has 0 aliphatic carbocycles. The van der Waals surface area contributed by atoms with Crippen molar-refractivity contribution in [3.05, 3.63) is 65.2 Å². The standard InChI is InChI=1S/C23H27N3O2/c1-17-6-5-12-25(17)14-15-26-13-11-18-9-10-20(16-21(18)23(26)28)24-22(27)19-7-3-2-4-8-19/h2-4,7-10,16-17H,5-6,11-15H2,1H3,(H,24,27)/t17-/m1/s1. The minimum absolute atomic E-state index is 0.0731. The molecule has 2 aliphatic rings. The average molecular weight is 377 g/mol. The topological polar surface area (TPSA) is 52.6 Å². The summed E-state index contributed by atoms with van der Waals surface area (Å²) in [6, 6.07) is 15.4. The monoisotopic (exact) mass is 377 g/mol. The molecule has 2 amide bonds. The van der Waals surface area contributed by atoms with Gasteiger partial charge in [-0.3, -0.25) is 14.5 Å². The zero-order valence-corrected chi connectivity index (χ0v) is 16.4. The second kappa shape index (κ2) is 8.15. The summed E-state index contributed by atoms with van der Waals surface area (Å²) in [7, 11) is 0. The van der Waals surface area contributed by atoms with Gasteiger partial charge in [-0.1, -0.05) is 24.3 Å². The Bertz CT molecular complexity index is 865. The first kappa shape index (κ1) is 18.7. The number of rotatable bonds is 5. The fourth-order valence-corrected chi connectivity index (χ4v) is 4.18. The molecule has 2 aliphatic heterocycles. The van der Waals surface area contributed by atoms with Crippen LogP contribution in [0.1, 0.15) is 46.0 Å². The van der Waals surface area contributed by atoms with Crippen molar-refractivity contribution in [2.75, 3.05) is 31.5 Å². The summed E-state index contributed by atoms with van der Waals surface area (Å²) in [6.45, 7) is 5.87. The van der Waals surface area contributed by atoms with Gasteiger partial charge in [-0.2, -0.15) is 0 Å². The van der Waals surface area contributed by atoms with E-state index in [-0.39, 0.29) is 11.8 Å². The number of hydrogen-bond donors (Lipinski definition) is 1. The highest BCUT2D eigenvalue weighted by molar-refractivity contribution is 6.05. The Balaban J connectivity index is 1.44. The number of anilines is 1. The van der Waals surface area contributed by atoms with Crippen molar-refractivity contribution in [1.82, 2.24) is 9.80 Å². The van der Waals surface area contributed by atoms with Gasteiger partial charge in [0, 0.05) is 42.5 Å². The van der Waals surface area contributed by atoms with Gasteiger partial charge < -0.3 is 10.2 Å². The smallest absolute Gasteiger partial charge is 0.255 e. The van der Waals surface area contributed by atoms with Gasteiger partial charge in [-0.15, -0.1) is 0 Å². The highest BCUT2D eigenvalue weighted by Crippen LogP contribution is 2.24. The number of fused-ring (bicyclic) bond motifs is 1. The molecule has 2 aromatic carbocycles. The Morgan fingerprint density at radius 1 is 1.11 bits per heavy atom. The Morgan fingerprint density at radius 2 is 1.93 bits per heavy atom. The van der Waals surface area contributed by atoms with Gasteiger partial charge in [0.15, 0.2) is 0 Å². The van der Waals surface area contributed by atoms with Gasteiger partial charge in [0.2, 0.25) is 0 Å². The van der Waals surface area contributed by atoms with Crippen LogP contribution >= 0.6 is 0 Å². The number of nitrogens with one attached hydrogen (secondary N) is 1. The second-order valence-electron chi connectivity index (χ2n) is 7.76. The number of amides is 2. The quantitative estimate of drug-likeness (QED) is 0.869. The molecule has 5 nitrogen and oxygen atoms in total. The van der Waals surface area contributed by atoms with E-state index < -0.39 is 0 Å². The summed E-state index contributed by atoms with van der Waals surface area (Å²) in [6.07, 6.45) is 3.37. The van der Waals surface area contributed by atoms with Crippen LogP contribution in [0.4, 0.5) is 5.69 Å². The number of carbonyl (C=O) groups is 2. The van der Waals surface area contributed by atoms with Crippen LogP contribution in [0.25, 0.3) is 0 Å². The molecule has 2 aromatic rings. The molecular weight excluding hydrogens is 350 g/mol. The van der Waals surface area contributed by atoms with Gasteiger partial charge in [-0.05, 0) is 62.6 Å². The van der Waals surface area contributed by atoms with Crippen LogP contribution in [-0.4, -0.2) is 53.8 Å². The fourth-order valence-electron chi connectivity index (χ4n) is 4.18. The molecule has 0 unspecified atom stereocenters. The predicted molar refractivity (Wildman–Crippen MR) is 111 cm³/mol. The highest BCUT2D eigenvalue weighted by atomic mass is 16.2. The van der Waals surface area contributed by atoms with Gasteiger partial charge in [0.05, 0.1) is 0 Å². The van der Waals surface area contributed by atoms with Crippen LogP contribution in [0.5, 0.6) is 0 Å². The van der Waals surface area contributed by atoms with Crippen molar-refractivity contribution in [2.24, 2.45) is 0 Å². The molecule has 0 aromatic heterocycles. The first-order valence-electron chi connectivity index (χ1n) is 10.1. The molecule has 5 heteroatoms. The van der Waals surface area contributed by atoms with Crippen molar-refractivity contribution in [1.29, 1.82) is 0 Å². The predicted octanol–water partition coefficient (Wildman–Crippen LogP) is 3.42. The summed E-state index contributed by atoms with van der Waals surface area (Å²) >= 11 is 0. The molecule has 1 atom stereocenters. The molecule has 28 heavy (non-hydrogen) atoms. The zero-order valence-electron chi connectivity index (χ0n) is 16.4. The SMILES string of the molecule is C[C@@H]1CCCN1CCN1CCc2ccc(NC(=O)c3ccccc3)cc2C1=O. The zero-order chi connectivity index (χ0) is 19.5. The number of nitrogens with zero attached hydrogens (tertiary/aromatic N) is 2. The largest absolute Gasteiger partial charge is 0.337 e. The van der Waals surface area contributed by atoms with Crippen molar-refractivity contribution < 1.29 is 9.59 Å². The Hall–Kier alpha value is -2.66. The maximum atomic E-state index is 13.0. The molecule has 2 heterocycles. The molecule has 0 saturated carbocycles. The molecule has 0 radical (unpaired) electrons. The number of hydrogen-bond acceptors (Lipinski definition) is 3. The van der Waals surface area contributed by atoms with Crippen molar-refractivity contribution in [2.45, 2.75) is 32.2 Å². The molecular formula is C23H27N3O2. The Kier molecular flexibility index (Phi) is 5.44. The summed E-state index contributed by atoms with van der Waals surface area (Å²) < 4.78 is 0. The third-order valence-electron chi connectivity index (χ3n) is 5.92. The number of benzene rings is 2. The van der Waals surface area contributed by atoms with Crippen LogP contribution < -0.4 is 5.32 Å². The van der Waals surface area contributed by atoms with E-state index in [0.29, 0.717) is 22.9 Å². The lowest BCUT2D eigenvalue weighted by Crippen LogP contribution is -2.43. The summed E-state index contributed by atoms with van der Waals surface area (Å²) in [4.78, 5) is 29.8. The van der Waals surface area contributed by atoms with E-state index in [0.717, 1.165) is 38.2 Å². The van der Waals surface area contributed by atoms with Crippen molar-refractivity contribution in [3.8, 4) is 0 Å². The van der Waals surface area contributed by atoms with Crippen LogP contribution in [-0.2, 0) is 6.42 Å². The van der Waals surface area contributed by atoms with Crippen molar-refractivity contribution >= 4 is 17.5 Å². The number of carbonyl (C=O) groups excluding carboxylic acids is 2. The van der Waals surface area contributed by atoms with E-state index >= 15 is 0 Å². The van der Waals surface area contributed by atoms with Gasteiger partial charge in [0.1, 0.15) is 0 Å². The van der Waals surface area contributed by atoms with E-state index in [1.54, 1.807) is 12.1 Å². The summed E-state index contributed by atoms with van der Waals surface area (Å²) in [5.74, 6) is -0.0902. The van der Waals surface area contributed by atoms with Crippen LogP contribution in [0.2, 0.25) is 0 Å². The van der Waals surface area contributed by atoms with Crippen LogP contribution in [0.3, 0.4) is 0 Å². The third kappa shape index (κ3) is 3.94. The lowest BCUT2D eigenvalue weighted by Gasteiger charge is -2.31. The molecule has 1 fully saturated rings. The van der Waals surface area contributed by atoms with E-state index in [4.69, 9.17) is 0 Å². The maximum Gasteiger partial charge on any atom is 0.255 e. The van der Waals surface area contributed by atoms with Crippen molar-refractivity contribution in [3.63, 3.8) is 0 Å². The van der Waals surface area contributed by atoms with E-state index in [1.807, 2.05) is 41.3 Å². The molecule has 0 bridgehead atoms. The first-order chi connectivity index (χ1) is 13.6. The third-order valence-corrected chi connectivity index (χ3v) is 5.92. The van der Waals surface area contributed by atoms with Gasteiger partial charge in [-0.25, -0.2) is 0 Å². The average Bonchev–Trinajstić information content (AvgIpc) is 3.13. The molecule has 1 saturated heterocycles. The molecule has 4 rings (SSSR count). The minimum atomic E-state index is -0.163. The van der Waals surface area contributed by atoms with Gasteiger partial charge >= 0.3 is 0 Å². The van der Waals surface area contributed by atoms with E-state index in [2.05, 4.69) is 17.1 Å². The van der Waals surface area contributed by atoms with Crippen LogP contribution in [0, 0.1) is 0 Å². The fraction of sp³-hybridized carbons (Fsp3) is 0.391. The summed E-state index contributed by atoms with van der Waals surface area (Å²) in [5, 5.41) is 2.91. The highest BCUT2D eigenvalue weighted by Gasteiger charge is 2.26. The lowest BCUT2D eigenvalue weighted by molar-refractivity contribution is 0.0716. The van der Waals surface area contributed by atoms with E-state index in [1.165, 1.54) is 12.8 Å². The number of likely N-dealkylation sites (tertiary alicyclic amines) is 1. The molecule has 1 N–H and O–H groups in total. The minimum Gasteiger partial charge on any atom is -0.337 e.